The zero-order valence-corrected chi connectivity index (χ0v) is 10.3. The normalized spacial score (nSPS) is 13.4. The second kappa shape index (κ2) is 6.83. The molecule has 0 aliphatic carbocycles. The Labute approximate surface area is 109 Å². The van der Waals surface area contributed by atoms with Crippen molar-refractivity contribution in [2.45, 2.75) is 25.6 Å². The van der Waals surface area contributed by atoms with Crippen molar-refractivity contribution < 1.29 is 24.1 Å². The molecule has 0 bridgehead atoms. The van der Waals surface area contributed by atoms with Crippen LogP contribution >= 0.6 is 0 Å². The van der Waals surface area contributed by atoms with Gasteiger partial charge in [0.1, 0.15) is 11.9 Å². The van der Waals surface area contributed by atoms with Crippen LogP contribution in [0.4, 0.5) is 4.39 Å². The lowest BCUT2D eigenvalue weighted by atomic mass is 10.0. The molecule has 0 aromatic heterocycles. The fourth-order valence-corrected chi connectivity index (χ4v) is 1.51. The second-order valence-electron chi connectivity index (χ2n) is 3.83. The minimum atomic E-state index is -1.78. The van der Waals surface area contributed by atoms with E-state index < -0.39 is 24.0 Å². The maximum atomic E-state index is 13.6. The Kier molecular flexibility index (Phi) is 5.42. The summed E-state index contributed by atoms with van der Waals surface area (Å²) < 4.78 is 18.1. The number of carbonyl (C=O) groups excluding carboxylic acids is 1. The van der Waals surface area contributed by atoms with E-state index in [0.29, 0.717) is 0 Å². The van der Waals surface area contributed by atoms with Gasteiger partial charge in [-0.2, -0.15) is 5.26 Å². The molecular weight excluding hydrogens is 253 g/mol. The van der Waals surface area contributed by atoms with Crippen molar-refractivity contribution in [3.8, 4) is 6.07 Å². The van der Waals surface area contributed by atoms with Gasteiger partial charge in [-0.1, -0.05) is 12.1 Å². The first-order chi connectivity index (χ1) is 9.01. The largest absolute Gasteiger partial charge is 0.464 e. The van der Waals surface area contributed by atoms with Gasteiger partial charge in [-0.05, 0) is 18.6 Å². The summed E-state index contributed by atoms with van der Waals surface area (Å²) in [5.74, 6) is -1.65. The highest BCUT2D eigenvalue weighted by Gasteiger charge is 2.27. The van der Waals surface area contributed by atoms with Gasteiger partial charge < -0.3 is 14.9 Å². The zero-order chi connectivity index (χ0) is 14.4. The van der Waals surface area contributed by atoms with E-state index in [-0.39, 0.29) is 24.2 Å². The number of aliphatic hydroxyl groups excluding tert-OH is 2. The number of esters is 1. The van der Waals surface area contributed by atoms with Crippen LogP contribution in [0.25, 0.3) is 0 Å². The first-order valence-electron chi connectivity index (χ1n) is 5.69. The van der Waals surface area contributed by atoms with Gasteiger partial charge in [0.25, 0.3) is 0 Å². The molecule has 1 aromatic carbocycles. The third-order valence-corrected chi connectivity index (χ3v) is 2.52. The van der Waals surface area contributed by atoms with E-state index in [1.54, 1.807) is 13.0 Å². The Balaban J connectivity index is 2.88. The van der Waals surface area contributed by atoms with Crippen LogP contribution in [0.15, 0.2) is 18.2 Å². The van der Waals surface area contributed by atoms with Gasteiger partial charge in [0.05, 0.1) is 19.1 Å². The lowest BCUT2D eigenvalue weighted by molar-refractivity contribution is -0.159. The summed E-state index contributed by atoms with van der Waals surface area (Å²) in [6.45, 7) is 1.63. The quantitative estimate of drug-likeness (QED) is 0.772. The minimum absolute atomic E-state index is 0.0414. The number of benzene rings is 1. The second-order valence-corrected chi connectivity index (χ2v) is 3.83. The first-order valence-corrected chi connectivity index (χ1v) is 5.69. The smallest absolute Gasteiger partial charge is 0.338 e. The molecule has 0 radical (unpaired) electrons. The summed E-state index contributed by atoms with van der Waals surface area (Å²) in [5, 5.41) is 27.8. The molecule has 2 atom stereocenters. The van der Waals surface area contributed by atoms with E-state index in [9.17, 15) is 19.4 Å². The summed E-state index contributed by atoms with van der Waals surface area (Å²) >= 11 is 0. The number of rotatable bonds is 5. The molecule has 19 heavy (non-hydrogen) atoms. The van der Waals surface area contributed by atoms with Crippen molar-refractivity contribution in [3.63, 3.8) is 0 Å². The summed E-state index contributed by atoms with van der Waals surface area (Å²) in [6, 6.07) is 5.47. The molecule has 0 heterocycles. The van der Waals surface area contributed by atoms with Crippen LogP contribution in [0.1, 0.15) is 24.2 Å². The van der Waals surface area contributed by atoms with Crippen molar-refractivity contribution in [1.29, 1.82) is 5.26 Å². The molecule has 6 heteroatoms. The molecule has 0 saturated heterocycles. The Morgan fingerprint density at radius 3 is 2.74 bits per heavy atom. The molecule has 0 amide bonds. The molecular formula is C13H14FNO4. The summed E-state index contributed by atoms with van der Waals surface area (Å²) in [6.07, 6.45) is -3.45. The molecule has 0 spiro atoms. The van der Waals surface area contributed by atoms with Crippen LogP contribution in [0.3, 0.4) is 0 Å². The van der Waals surface area contributed by atoms with E-state index in [2.05, 4.69) is 4.74 Å². The lowest BCUT2D eigenvalue weighted by Gasteiger charge is -2.17. The van der Waals surface area contributed by atoms with Crippen molar-refractivity contribution in [2.24, 2.45) is 0 Å². The zero-order valence-electron chi connectivity index (χ0n) is 10.3. The SMILES string of the molecule is CCOC(=O)C(O)C(O)c1ccc(CC#N)c(F)c1. The van der Waals surface area contributed by atoms with Crippen LogP contribution in [0, 0.1) is 17.1 Å². The predicted octanol–water partition coefficient (Wildman–Crippen LogP) is 0.849. The van der Waals surface area contributed by atoms with Crippen molar-refractivity contribution in [2.75, 3.05) is 6.61 Å². The number of halogens is 1. The van der Waals surface area contributed by atoms with E-state index in [1.165, 1.54) is 12.1 Å². The Morgan fingerprint density at radius 2 is 2.21 bits per heavy atom. The fourth-order valence-electron chi connectivity index (χ4n) is 1.51. The molecule has 0 aliphatic heterocycles. The van der Waals surface area contributed by atoms with Gasteiger partial charge in [-0.3, -0.25) is 0 Å². The van der Waals surface area contributed by atoms with Crippen LogP contribution in [-0.4, -0.2) is 28.9 Å². The van der Waals surface area contributed by atoms with Gasteiger partial charge in [0.2, 0.25) is 0 Å². The molecule has 102 valence electrons. The van der Waals surface area contributed by atoms with Crippen molar-refractivity contribution in [3.05, 3.63) is 35.1 Å². The average Bonchev–Trinajstić information content (AvgIpc) is 2.40. The Bertz CT molecular complexity index is 498. The highest BCUT2D eigenvalue weighted by atomic mass is 19.1. The molecule has 2 N–H and O–H groups in total. The fraction of sp³-hybridized carbons (Fsp3) is 0.385. The van der Waals surface area contributed by atoms with Gasteiger partial charge >= 0.3 is 5.97 Å². The summed E-state index contributed by atoms with van der Waals surface area (Å²) in [4.78, 5) is 11.2. The van der Waals surface area contributed by atoms with E-state index in [4.69, 9.17) is 5.26 Å². The molecule has 1 rings (SSSR count). The number of nitrogens with zero attached hydrogens (tertiary/aromatic N) is 1. The standard InChI is InChI=1S/C13H14FNO4/c1-2-19-13(18)12(17)11(16)9-4-3-8(5-6-15)10(14)7-9/h3-4,7,11-12,16-17H,2,5H2,1H3. The maximum Gasteiger partial charge on any atom is 0.338 e. The van der Waals surface area contributed by atoms with E-state index in [0.717, 1.165) is 6.07 Å². The number of aliphatic hydroxyl groups is 2. The van der Waals surface area contributed by atoms with Gasteiger partial charge in [-0.15, -0.1) is 0 Å². The van der Waals surface area contributed by atoms with Crippen molar-refractivity contribution in [1.82, 2.24) is 0 Å². The first kappa shape index (κ1) is 15.1. The highest BCUT2D eigenvalue weighted by molar-refractivity contribution is 5.75. The molecule has 0 fully saturated rings. The van der Waals surface area contributed by atoms with Crippen LogP contribution < -0.4 is 0 Å². The lowest BCUT2D eigenvalue weighted by Crippen LogP contribution is -2.30. The van der Waals surface area contributed by atoms with E-state index >= 15 is 0 Å². The van der Waals surface area contributed by atoms with Gasteiger partial charge in [0.15, 0.2) is 6.10 Å². The summed E-state index contributed by atoms with van der Waals surface area (Å²) in [7, 11) is 0. The third kappa shape index (κ3) is 3.74. The van der Waals surface area contributed by atoms with Crippen LogP contribution in [-0.2, 0) is 16.0 Å². The molecule has 5 nitrogen and oxygen atoms in total. The number of hydrogen-bond acceptors (Lipinski definition) is 5. The number of hydrogen-bond donors (Lipinski definition) is 2. The average molecular weight is 267 g/mol. The monoisotopic (exact) mass is 267 g/mol. The van der Waals surface area contributed by atoms with Crippen LogP contribution in [0.5, 0.6) is 0 Å². The number of ether oxygens (including phenoxy) is 1. The summed E-state index contributed by atoms with van der Waals surface area (Å²) in [5.41, 5.74) is 0.226. The van der Waals surface area contributed by atoms with Crippen LogP contribution in [0.2, 0.25) is 0 Å². The van der Waals surface area contributed by atoms with E-state index in [1.807, 2.05) is 0 Å². The predicted molar refractivity (Wildman–Crippen MR) is 63.3 cm³/mol. The maximum absolute atomic E-state index is 13.6. The van der Waals surface area contributed by atoms with Crippen molar-refractivity contribution >= 4 is 5.97 Å². The molecule has 0 aliphatic rings. The molecule has 2 unspecified atom stereocenters. The Morgan fingerprint density at radius 1 is 1.53 bits per heavy atom. The number of carbonyl (C=O) groups is 1. The molecule has 1 aromatic rings. The van der Waals surface area contributed by atoms with Gasteiger partial charge in [0, 0.05) is 5.56 Å². The number of nitriles is 1. The minimum Gasteiger partial charge on any atom is -0.464 e. The third-order valence-electron chi connectivity index (χ3n) is 2.52. The Hall–Kier alpha value is -1.97. The topological polar surface area (TPSA) is 90.6 Å². The van der Waals surface area contributed by atoms with Gasteiger partial charge in [-0.25, -0.2) is 9.18 Å². The molecule has 0 saturated carbocycles. The highest BCUT2D eigenvalue weighted by Crippen LogP contribution is 2.21.